The van der Waals surface area contributed by atoms with Crippen molar-refractivity contribution in [1.82, 2.24) is 0 Å². The summed E-state index contributed by atoms with van der Waals surface area (Å²) in [4.78, 5) is 0. The molecule has 0 radical (unpaired) electrons. The smallest absolute Gasteiger partial charge is 0.271 e. The van der Waals surface area contributed by atoms with Gasteiger partial charge >= 0.3 is 0 Å². The van der Waals surface area contributed by atoms with Crippen LogP contribution in [0.2, 0.25) is 0 Å². The van der Waals surface area contributed by atoms with Gasteiger partial charge in [0.15, 0.2) is 29.1 Å². The SMILES string of the molecule is COc1ccc(COc2ccc(C(O)C3Oc4ccc(CO)cc4O3)cc2OCc2ccc(OC)cc2)cc1. The minimum atomic E-state index is -1.10. The van der Waals surface area contributed by atoms with Crippen LogP contribution in [0, 0.1) is 0 Å². The number of aliphatic hydroxyl groups excluding tert-OH is 2. The lowest BCUT2D eigenvalue weighted by Crippen LogP contribution is -2.27. The maximum Gasteiger partial charge on any atom is 0.271 e. The van der Waals surface area contributed by atoms with Crippen LogP contribution in [0.25, 0.3) is 0 Å². The molecule has 0 spiro atoms. The predicted molar refractivity (Wildman–Crippen MR) is 143 cm³/mol. The first-order valence-electron chi connectivity index (χ1n) is 12.5. The first kappa shape index (κ1) is 26.2. The van der Waals surface area contributed by atoms with Crippen LogP contribution in [0.5, 0.6) is 34.5 Å². The molecule has 2 unspecified atom stereocenters. The summed E-state index contributed by atoms with van der Waals surface area (Å²) in [5, 5.41) is 20.5. The van der Waals surface area contributed by atoms with Gasteiger partial charge in [-0.1, -0.05) is 36.4 Å². The van der Waals surface area contributed by atoms with Crippen molar-refractivity contribution >= 4 is 0 Å². The van der Waals surface area contributed by atoms with Gasteiger partial charge in [0, 0.05) is 0 Å². The van der Waals surface area contributed by atoms with E-state index in [0.717, 1.165) is 22.6 Å². The van der Waals surface area contributed by atoms with Crippen LogP contribution >= 0.6 is 0 Å². The van der Waals surface area contributed by atoms with Crippen LogP contribution in [-0.4, -0.2) is 30.7 Å². The Balaban J connectivity index is 1.34. The summed E-state index contributed by atoms with van der Waals surface area (Å²) in [7, 11) is 3.25. The Morgan fingerprint density at radius 2 is 1.23 bits per heavy atom. The van der Waals surface area contributed by atoms with E-state index in [1.54, 1.807) is 50.6 Å². The van der Waals surface area contributed by atoms with Gasteiger partial charge in [-0.25, -0.2) is 0 Å². The second-order valence-corrected chi connectivity index (χ2v) is 8.97. The highest BCUT2D eigenvalue weighted by Gasteiger charge is 2.32. The Morgan fingerprint density at radius 3 is 1.82 bits per heavy atom. The third-order valence-electron chi connectivity index (χ3n) is 6.35. The maximum atomic E-state index is 11.1. The predicted octanol–water partition coefficient (Wildman–Crippen LogP) is 5.19. The highest BCUT2D eigenvalue weighted by molar-refractivity contribution is 5.47. The van der Waals surface area contributed by atoms with E-state index in [1.165, 1.54) is 0 Å². The van der Waals surface area contributed by atoms with E-state index in [0.29, 0.717) is 40.7 Å². The molecular formula is C31H30O8. The van der Waals surface area contributed by atoms with Gasteiger partial charge in [-0.05, 0) is 70.8 Å². The van der Waals surface area contributed by atoms with Crippen molar-refractivity contribution in [3.05, 3.63) is 107 Å². The average Bonchev–Trinajstić information content (AvgIpc) is 3.42. The number of hydrogen-bond acceptors (Lipinski definition) is 8. The lowest BCUT2D eigenvalue weighted by Gasteiger charge is -2.20. The Hall–Kier alpha value is -4.40. The minimum Gasteiger partial charge on any atom is -0.497 e. The molecule has 2 N–H and O–H groups in total. The van der Waals surface area contributed by atoms with Crippen molar-refractivity contribution in [2.75, 3.05) is 14.2 Å². The summed E-state index contributed by atoms with van der Waals surface area (Å²) >= 11 is 0. The summed E-state index contributed by atoms with van der Waals surface area (Å²) < 4.78 is 34.4. The Morgan fingerprint density at radius 1 is 0.667 bits per heavy atom. The Kier molecular flexibility index (Phi) is 8.05. The second-order valence-electron chi connectivity index (χ2n) is 8.97. The molecule has 1 aliphatic heterocycles. The molecule has 1 aliphatic rings. The third kappa shape index (κ3) is 6.19. The van der Waals surface area contributed by atoms with Gasteiger partial charge in [-0.3, -0.25) is 0 Å². The van der Waals surface area contributed by atoms with E-state index in [2.05, 4.69) is 0 Å². The molecule has 8 nitrogen and oxygen atoms in total. The molecule has 0 aliphatic carbocycles. The molecule has 4 aromatic carbocycles. The van der Waals surface area contributed by atoms with E-state index in [-0.39, 0.29) is 13.2 Å². The Bertz CT molecular complexity index is 1390. The second kappa shape index (κ2) is 12.0. The molecule has 5 rings (SSSR count). The standard InChI is InChI=1S/C31H30O8/c1-34-24-9-3-20(4-10-24)18-36-26-14-8-23(16-28(26)37-19-21-5-11-25(35-2)12-6-21)30(33)31-38-27-13-7-22(17-32)15-29(27)39-31/h3-16,30-33H,17-19H2,1-2H3. The third-order valence-corrected chi connectivity index (χ3v) is 6.35. The van der Waals surface area contributed by atoms with Gasteiger partial charge in [0.2, 0.25) is 0 Å². The van der Waals surface area contributed by atoms with Gasteiger partial charge in [-0.2, -0.15) is 0 Å². The van der Waals surface area contributed by atoms with Crippen molar-refractivity contribution in [2.45, 2.75) is 32.2 Å². The minimum absolute atomic E-state index is 0.114. The molecule has 0 aromatic heterocycles. The number of fused-ring (bicyclic) bond motifs is 1. The summed E-state index contributed by atoms with van der Waals surface area (Å²) in [6, 6.07) is 25.6. The molecule has 8 heteroatoms. The molecule has 2 atom stereocenters. The van der Waals surface area contributed by atoms with Crippen molar-refractivity contribution in [3.63, 3.8) is 0 Å². The first-order valence-corrected chi connectivity index (χ1v) is 12.5. The zero-order valence-electron chi connectivity index (χ0n) is 21.7. The zero-order chi connectivity index (χ0) is 27.2. The highest BCUT2D eigenvalue weighted by atomic mass is 16.7. The lowest BCUT2D eigenvalue weighted by molar-refractivity contribution is -0.0606. The molecule has 0 fully saturated rings. The normalized spacial score (nSPS) is 14.5. The van der Waals surface area contributed by atoms with Crippen molar-refractivity contribution in [3.8, 4) is 34.5 Å². The van der Waals surface area contributed by atoms with Crippen LogP contribution < -0.4 is 28.4 Å². The van der Waals surface area contributed by atoms with Crippen molar-refractivity contribution in [2.24, 2.45) is 0 Å². The average molecular weight is 531 g/mol. The number of aliphatic hydroxyl groups is 2. The fourth-order valence-electron chi connectivity index (χ4n) is 4.11. The van der Waals surface area contributed by atoms with Crippen LogP contribution in [0.1, 0.15) is 28.4 Å². The van der Waals surface area contributed by atoms with E-state index in [4.69, 9.17) is 28.4 Å². The lowest BCUT2D eigenvalue weighted by atomic mass is 10.1. The van der Waals surface area contributed by atoms with Gasteiger partial charge in [0.1, 0.15) is 24.7 Å². The van der Waals surface area contributed by atoms with Crippen molar-refractivity contribution < 1.29 is 38.6 Å². The van der Waals surface area contributed by atoms with Crippen molar-refractivity contribution in [1.29, 1.82) is 0 Å². The molecule has 39 heavy (non-hydrogen) atoms. The van der Waals surface area contributed by atoms with Crippen LogP contribution in [0.3, 0.4) is 0 Å². The quantitative estimate of drug-likeness (QED) is 0.274. The van der Waals surface area contributed by atoms with E-state index < -0.39 is 12.4 Å². The largest absolute Gasteiger partial charge is 0.497 e. The highest BCUT2D eigenvalue weighted by Crippen LogP contribution is 2.40. The number of ether oxygens (including phenoxy) is 6. The number of hydrogen-bond donors (Lipinski definition) is 2. The van der Waals surface area contributed by atoms with E-state index in [1.807, 2.05) is 48.5 Å². The van der Waals surface area contributed by atoms with Crippen LogP contribution in [-0.2, 0) is 19.8 Å². The number of rotatable bonds is 11. The summed E-state index contributed by atoms with van der Waals surface area (Å²) in [6.45, 7) is 0.493. The molecular weight excluding hydrogens is 500 g/mol. The van der Waals surface area contributed by atoms with E-state index >= 15 is 0 Å². The summed E-state index contributed by atoms with van der Waals surface area (Å²) in [5.41, 5.74) is 3.14. The molecule has 202 valence electrons. The molecule has 0 amide bonds. The maximum absolute atomic E-state index is 11.1. The Labute approximate surface area is 226 Å². The summed E-state index contributed by atoms with van der Waals surface area (Å²) in [5.74, 6) is 3.50. The molecule has 0 saturated carbocycles. The topological polar surface area (TPSA) is 95.8 Å². The fourth-order valence-corrected chi connectivity index (χ4v) is 4.11. The fraction of sp³-hybridized carbons (Fsp3) is 0.226. The van der Waals surface area contributed by atoms with Gasteiger partial charge in [0.25, 0.3) is 6.29 Å². The van der Waals surface area contributed by atoms with Gasteiger partial charge in [0.05, 0.1) is 20.8 Å². The molecule has 1 heterocycles. The first-order chi connectivity index (χ1) is 19.1. The number of benzene rings is 4. The molecule has 0 bridgehead atoms. The molecule has 0 saturated heterocycles. The molecule has 4 aromatic rings. The zero-order valence-corrected chi connectivity index (χ0v) is 21.7. The number of methoxy groups -OCH3 is 2. The van der Waals surface area contributed by atoms with Gasteiger partial charge < -0.3 is 38.6 Å². The van der Waals surface area contributed by atoms with Gasteiger partial charge in [-0.15, -0.1) is 0 Å². The van der Waals surface area contributed by atoms with Crippen LogP contribution in [0.15, 0.2) is 84.9 Å². The monoisotopic (exact) mass is 530 g/mol. The summed E-state index contributed by atoms with van der Waals surface area (Å²) in [6.07, 6.45) is -2.05. The van der Waals surface area contributed by atoms with E-state index in [9.17, 15) is 10.2 Å². The van der Waals surface area contributed by atoms with Crippen LogP contribution in [0.4, 0.5) is 0 Å².